The van der Waals surface area contributed by atoms with Gasteiger partial charge >= 0.3 is 0 Å². The van der Waals surface area contributed by atoms with Crippen molar-refractivity contribution in [3.05, 3.63) is 60.7 Å². The zero-order chi connectivity index (χ0) is 21.8. The van der Waals surface area contributed by atoms with Gasteiger partial charge < -0.3 is 9.16 Å². The molecule has 1 fully saturated rings. The summed E-state index contributed by atoms with van der Waals surface area (Å²) in [6, 6.07) is 20.9. The van der Waals surface area contributed by atoms with Gasteiger partial charge in [0.1, 0.15) is 0 Å². The molecule has 2 atom stereocenters. The first kappa shape index (κ1) is 23.2. The lowest BCUT2D eigenvalue weighted by Gasteiger charge is -2.44. The van der Waals surface area contributed by atoms with Gasteiger partial charge in [-0.15, -0.1) is 0 Å². The lowest BCUT2D eigenvalue weighted by molar-refractivity contribution is -0.0347. The summed E-state index contributed by atoms with van der Waals surface area (Å²) in [6.07, 6.45) is 1.34. The van der Waals surface area contributed by atoms with Gasteiger partial charge in [0.15, 0.2) is 0 Å². The van der Waals surface area contributed by atoms with Crippen LogP contribution >= 0.6 is 0 Å². The fourth-order valence-corrected chi connectivity index (χ4v) is 9.85. The van der Waals surface area contributed by atoms with Gasteiger partial charge in [-0.1, -0.05) is 81.4 Å². The van der Waals surface area contributed by atoms with Crippen molar-refractivity contribution in [2.75, 3.05) is 19.0 Å². The van der Waals surface area contributed by atoms with Gasteiger partial charge in [-0.3, -0.25) is 4.55 Å². The predicted octanol–water partition coefficient (Wildman–Crippen LogP) is 3.25. The van der Waals surface area contributed by atoms with E-state index in [1.54, 1.807) is 0 Å². The molecule has 2 aromatic carbocycles. The van der Waals surface area contributed by atoms with E-state index in [2.05, 4.69) is 69.3 Å². The van der Waals surface area contributed by atoms with E-state index in [9.17, 15) is 8.42 Å². The first-order valence-electron chi connectivity index (χ1n) is 10.4. The van der Waals surface area contributed by atoms with Gasteiger partial charge in [0.25, 0.3) is 18.4 Å². The lowest BCUT2D eigenvalue weighted by Crippen LogP contribution is -2.67. The minimum atomic E-state index is -3.97. The van der Waals surface area contributed by atoms with E-state index in [1.165, 1.54) is 10.4 Å². The van der Waals surface area contributed by atoms with Crippen LogP contribution in [0.4, 0.5) is 0 Å². The SMILES string of the molecule is CC(C)(C)[Si](OCC1CCC(CS(=O)(=O)O)CO1)(c1ccccc1)c1ccccc1. The summed E-state index contributed by atoms with van der Waals surface area (Å²) >= 11 is 0. The fourth-order valence-electron chi connectivity index (χ4n) is 4.40. The second-order valence-corrected chi connectivity index (χ2v) is 14.9. The molecule has 2 unspecified atom stereocenters. The summed E-state index contributed by atoms with van der Waals surface area (Å²) < 4.78 is 44.2. The molecule has 1 saturated heterocycles. The van der Waals surface area contributed by atoms with Crippen molar-refractivity contribution in [3.8, 4) is 0 Å². The molecule has 164 valence electrons. The van der Waals surface area contributed by atoms with Crippen molar-refractivity contribution in [2.45, 2.75) is 44.8 Å². The van der Waals surface area contributed by atoms with Crippen LogP contribution in [0.5, 0.6) is 0 Å². The quantitative estimate of drug-likeness (QED) is 0.520. The van der Waals surface area contributed by atoms with Crippen molar-refractivity contribution in [3.63, 3.8) is 0 Å². The molecule has 1 heterocycles. The number of benzene rings is 2. The third kappa shape index (κ3) is 5.39. The summed E-state index contributed by atoms with van der Waals surface area (Å²) in [5, 5.41) is 2.35. The third-order valence-corrected chi connectivity index (χ3v) is 11.7. The molecule has 0 amide bonds. The standard InChI is InChI=1S/C23H32O5SSi/c1-23(2,3)30(21-10-6-4-7-11-21,22-12-8-5-9-13-22)28-17-20-15-14-19(16-27-20)18-29(24,25)26/h4-13,19-20H,14-18H2,1-3H3,(H,24,25,26). The Bertz CT molecular complexity index is 862. The molecule has 5 nitrogen and oxygen atoms in total. The average molecular weight is 449 g/mol. The van der Waals surface area contributed by atoms with Crippen LogP contribution in [-0.4, -0.2) is 46.4 Å². The van der Waals surface area contributed by atoms with Crippen LogP contribution in [0.3, 0.4) is 0 Å². The molecular formula is C23H32O5SSi. The molecule has 0 spiro atoms. The Morgan fingerprint density at radius 1 is 1.00 bits per heavy atom. The largest absolute Gasteiger partial charge is 0.405 e. The van der Waals surface area contributed by atoms with Crippen LogP contribution < -0.4 is 10.4 Å². The molecule has 1 aliphatic heterocycles. The Labute approximate surface area is 181 Å². The Kier molecular flexibility index (Phi) is 7.19. The Balaban J connectivity index is 1.83. The molecule has 0 aromatic heterocycles. The predicted molar refractivity (Wildman–Crippen MR) is 122 cm³/mol. The minimum Gasteiger partial charge on any atom is -0.405 e. The van der Waals surface area contributed by atoms with Crippen LogP contribution in [0.1, 0.15) is 33.6 Å². The van der Waals surface area contributed by atoms with E-state index in [0.29, 0.717) is 19.6 Å². The molecule has 0 aliphatic carbocycles. The highest BCUT2D eigenvalue weighted by Gasteiger charge is 2.50. The highest BCUT2D eigenvalue weighted by molar-refractivity contribution is 7.85. The van der Waals surface area contributed by atoms with Crippen molar-refractivity contribution < 1.29 is 22.1 Å². The molecule has 0 radical (unpaired) electrons. The first-order chi connectivity index (χ1) is 14.1. The highest BCUT2D eigenvalue weighted by atomic mass is 32.2. The maximum absolute atomic E-state index is 11.1. The lowest BCUT2D eigenvalue weighted by atomic mass is 10.0. The van der Waals surface area contributed by atoms with E-state index < -0.39 is 18.4 Å². The van der Waals surface area contributed by atoms with E-state index in [1.807, 2.05) is 12.1 Å². The molecule has 3 rings (SSSR count). The van der Waals surface area contributed by atoms with Crippen LogP contribution in [0.2, 0.25) is 5.04 Å². The number of hydrogen-bond donors (Lipinski definition) is 1. The number of rotatable bonds is 7. The Morgan fingerprint density at radius 2 is 1.53 bits per heavy atom. The molecular weight excluding hydrogens is 416 g/mol. The Hall–Kier alpha value is -1.51. The van der Waals surface area contributed by atoms with Crippen LogP contribution in [0.25, 0.3) is 0 Å². The number of hydrogen-bond acceptors (Lipinski definition) is 4. The van der Waals surface area contributed by atoms with Gasteiger partial charge in [0, 0.05) is 0 Å². The molecule has 1 N–H and O–H groups in total. The second-order valence-electron chi connectivity index (χ2n) is 9.12. The van der Waals surface area contributed by atoms with Crippen LogP contribution in [0.15, 0.2) is 60.7 Å². The minimum absolute atomic E-state index is 0.0794. The summed E-state index contributed by atoms with van der Waals surface area (Å²) in [7, 11) is -6.58. The summed E-state index contributed by atoms with van der Waals surface area (Å²) in [6.45, 7) is 7.51. The van der Waals surface area contributed by atoms with Crippen LogP contribution in [-0.2, 0) is 19.3 Å². The Morgan fingerprint density at radius 3 is 1.93 bits per heavy atom. The van der Waals surface area contributed by atoms with Crippen molar-refractivity contribution in [1.29, 1.82) is 0 Å². The van der Waals surface area contributed by atoms with Crippen LogP contribution in [0, 0.1) is 5.92 Å². The van der Waals surface area contributed by atoms with Gasteiger partial charge in [-0.05, 0) is 34.2 Å². The van der Waals surface area contributed by atoms with Gasteiger partial charge in [-0.25, -0.2) is 0 Å². The normalized spacial score (nSPS) is 20.8. The molecule has 1 aliphatic rings. The van der Waals surface area contributed by atoms with Gasteiger partial charge in [0.2, 0.25) is 0 Å². The maximum atomic E-state index is 11.1. The smallest absolute Gasteiger partial charge is 0.265 e. The highest BCUT2D eigenvalue weighted by Crippen LogP contribution is 2.37. The van der Waals surface area contributed by atoms with E-state index in [0.717, 1.165) is 6.42 Å². The zero-order valence-electron chi connectivity index (χ0n) is 18.0. The van der Waals surface area contributed by atoms with E-state index >= 15 is 0 Å². The average Bonchev–Trinajstić information content (AvgIpc) is 2.69. The first-order valence-corrected chi connectivity index (χ1v) is 14.0. The summed E-state index contributed by atoms with van der Waals surface area (Å²) in [4.78, 5) is 0. The molecule has 2 aromatic rings. The maximum Gasteiger partial charge on any atom is 0.265 e. The van der Waals surface area contributed by atoms with Crippen molar-refractivity contribution >= 4 is 28.8 Å². The van der Waals surface area contributed by atoms with Crippen molar-refractivity contribution in [2.24, 2.45) is 5.92 Å². The topological polar surface area (TPSA) is 72.8 Å². The second kappa shape index (κ2) is 9.32. The molecule has 0 saturated carbocycles. The molecule has 30 heavy (non-hydrogen) atoms. The summed E-state index contributed by atoms with van der Waals surface area (Å²) in [5.74, 6) is -0.404. The number of ether oxygens (including phenoxy) is 1. The fraction of sp³-hybridized carbons (Fsp3) is 0.478. The van der Waals surface area contributed by atoms with E-state index in [-0.39, 0.29) is 22.8 Å². The third-order valence-electron chi connectivity index (χ3n) is 5.81. The molecule has 7 heteroatoms. The van der Waals surface area contributed by atoms with E-state index in [4.69, 9.17) is 13.7 Å². The van der Waals surface area contributed by atoms with Gasteiger partial charge in [0.05, 0.1) is 25.1 Å². The monoisotopic (exact) mass is 448 g/mol. The summed E-state index contributed by atoms with van der Waals surface area (Å²) in [5.41, 5.74) is 0. The van der Waals surface area contributed by atoms with Gasteiger partial charge in [-0.2, -0.15) is 8.42 Å². The molecule has 0 bridgehead atoms. The van der Waals surface area contributed by atoms with Crippen molar-refractivity contribution in [1.82, 2.24) is 0 Å². The zero-order valence-corrected chi connectivity index (χ0v) is 19.8.